The van der Waals surface area contributed by atoms with Gasteiger partial charge in [-0.25, -0.2) is 4.79 Å². The molecular formula is C28H37N5O6. The van der Waals surface area contributed by atoms with Crippen molar-refractivity contribution in [1.29, 1.82) is 0 Å². The number of carbonyl (C=O) groups is 3. The second-order valence-electron chi connectivity index (χ2n) is 9.45. The van der Waals surface area contributed by atoms with E-state index in [1.165, 1.54) is 7.11 Å². The second kappa shape index (κ2) is 13.2. The molecule has 4 rings (SSSR count). The summed E-state index contributed by atoms with van der Waals surface area (Å²) >= 11 is 0. The molecule has 0 bridgehead atoms. The van der Waals surface area contributed by atoms with Crippen LogP contribution in [0, 0.1) is 0 Å². The summed E-state index contributed by atoms with van der Waals surface area (Å²) in [7, 11) is 4.40. The molecule has 0 aliphatic carbocycles. The molecule has 3 amide bonds. The van der Waals surface area contributed by atoms with E-state index in [0.717, 1.165) is 31.6 Å². The van der Waals surface area contributed by atoms with E-state index in [2.05, 4.69) is 15.5 Å². The molecular weight excluding hydrogens is 502 g/mol. The van der Waals surface area contributed by atoms with Crippen LogP contribution in [0.2, 0.25) is 0 Å². The first kappa shape index (κ1) is 28.0. The van der Waals surface area contributed by atoms with Crippen molar-refractivity contribution in [2.75, 3.05) is 83.9 Å². The molecule has 0 radical (unpaired) electrons. The van der Waals surface area contributed by atoms with E-state index >= 15 is 0 Å². The molecule has 0 atom stereocenters. The molecule has 0 aromatic heterocycles. The van der Waals surface area contributed by atoms with Gasteiger partial charge in [0.1, 0.15) is 0 Å². The summed E-state index contributed by atoms with van der Waals surface area (Å²) in [5.74, 6) is 0.917. The summed E-state index contributed by atoms with van der Waals surface area (Å²) in [5.41, 5.74) is 2.31. The summed E-state index contributed by atoms with van der Waals surface area (Å²) in [6.07, 6.45) is 1.02. The van der Waals surface area contributed by atoms with Crippen LogP contribution in [-0.4, -0.2) is 101 Å². The van der Waals surface area contributed by atoms with Crippen LogP contribution in [0.15, 0.2) is 36.4 Å². The van der Waals surface area contributed by atoms with Crippen molar-refractivity contribution in [1.82, 2.24) is 15.1 Å². The Hall–Kier alpha value is -3.99. The quantitative estimate of drug-likeness (QED) is 0.576. The molecule has 11 nitrogen and oxygen atoms in total. The van der Waals surface area contributed by atoms with Gasteiger partial charge in [0.25, 0.3) is 11.8 Å². The SMILES string of the molecule is COC(=O)Nc1cc(C(=O)N2CCCNCC2)ccc1N1CCCN(C(=O)c2ccc(OC)c(OC)c2)CC1. The van der Waals surface area contributed by atoms with Gasteiger partial charge < -0.3 is 34.2 Å². The van der Waals surface area contributed by atoms with E-state index < -0.39 is 6.09 Å². The number of anilines is 2. The smallest absolute Gasteiger partial charge is 0.411 e. The predicted octanol–water partition coefficient (Wildman–Crippen LogP) is 2.67. The zero-order valence-corrected chi connectivity index (χ0v) is 22.8. The number of benzene rings is 2. The summed E-state index contributed by atoms with van der Waals surface area (Å²) < 4.78 is 15.5. The normalized spacial score (nSPS) is 16.1. The van der Waals surface area contributed by atoms with Gasteiger partial charge in [-0.3, -0.25) is 14.9 Å². The van der Waals surface area contributed by atoms with Crippen LogP contribution in [0.25, 0.3) is 0 Å². The van der Waals surface area contributed by atoms with Crippen molar-refractivity contribution in [3.8, 4) is 11.5 Å². The monoisotopic (exact) mass is 539 g/mol. The maximum absolute atomic E-state index is 13.3. The Labute approximate surface area is 229 Å². The fraction of sp³-hybridized carbons (Fsp3) is 0.464. The standard InChI is InChI=1S/C28H37N5O6/c1-37-24-9-7-21(19-25(24)38-2)27(35)33-14-5-13-31(16-17-33)23-8-6-20(18-22(23)30-28(36)39-3)26(34)32-12-4-10-29-11-15-32/h6-9,18-19,29H,4-5,10-17H2,1-3H3,(H,30,36). The zero-order valence-electron chi connectivity index (χ0n) is 22.8. The Balaban J connectivity index is 1.52. The number of rotatable bonds is 6. The Morgan fingerprint density at radius 3 is 2.18 bits per heavy atom. The van der Waals surface area contributed by atoms with Crippen molar-refractivity contribution in [2.24, 2.45) is 0 Å². The van der Waals surface area contributed by atoms with Gasteiger partial charge in [-0.1, -0.05) is 0 Å². The van der Waals surface area contributed by atoms with Gasteiger partial charge in [-0.15, -0.1) is 0 Å². The predicted molar refractivity (Wildman–Crippen MR) is 148 cm³/mol. The average Bonchev–Trinajstić information content (AvgIpc) is 3.40. The van der Waals surface area contributed by atoms with Crippen molar-refractivity contribution in [3.63, 3.8) is 0 Å². The number of ether oxygens (including phenoxy) is 3. The molecule has 2 aliphatic heterocycles. The third-order valence-electron chi connectivity index (χ3n) is 7.05. The maximum Gasteiger partial charge on any atom is 0.411 e. The van der Waals surface area contributed by atoms with E-state index in [1.54, 1.807) is 44.6 Å². The van der Waals surface area contributed by atoms with Gasteiger partial charge in [0.2, 0.25) is 0 Å². The molecule has 210 valence electrons. The Morgan fingerprint density at radius 1 is 0.744 bits per heavy atom. The molecule has 2 fully saturated rings. The van der Waals surface area contributed by atoms with Gasteiger partial charge in [0.15, 0.2) is 11.5 Å². The van der Waals surface area contributed by atoms with E-state index in [1.807, 2.05) is 15.9 Å². The molecule has 0 spiro atoms. The number of nitrogens with zero attached hydrogens (tertiary/aromatic N) is 3. The van der Waals surface area contributed by atoms with E-state index in [4.69, 9.17) is 14.2 Å². The minimum atomic E-state index is -0.611. The van der Waals surface area contributed by atoms with E-state index in [-0.39, 0.29) is 11.8 Å². The molecule has 2 heterocycles. The number of hydrogen-bond donors (Lipinski definition) is 2. The molecule has 0 saturated carbocycles. The number of amides is 3. The highest BCUT2D eigenvalue weighted by Gasteiger charge is 2.25. The van der Waals surface area contributed by atoms with Gasteiger partial charge in [-0.05, 0) is 55.8 Å². The van der Waals surface area contributed by atoms with Crippen LogP contribution < -0.4 is 25.0 Å². The molecule has 39 heavy (non-hydrogen) atoms. The lowest BCUT2D eigenvalue weighted by Crippen LogP contribution is -2.35. The number of nitrogens with one attached hydrogen (secondary N) is 2. The van der Waals surface area contributed by atoms with Crippen LogP contribution in [0.4, 0.5) is 16.2 Å². The maximum atomic E-state index is 13.3. The van der Waals surface area contributed by atoms with Crippen LogP contribution >= 0.6 is 0 Å². The first-order valence-corrected chi connectivity index (χ1v) is 13.2. The molecule has 2 N–H and O–H groups in total. The van der Waals surface area contributed by atoms with Crippen molar-refractivity contribution in [2.45, 2.75) is 12.8 Å². The lowest BCUT2D eigenvalue weighted by Gasteiger charge is -2.27. The Kier molecular flexibility index (Phi) is 9.48. The van der Waals surface area contributed by atoms with Crippen molar-refractivity contribution >= 4 is 29.3 Å². The molecule has 11 heteroatoms. The lowest BCUT2D eigenvalue weighted by atomic mass is 10.1. The highest BCUT2D eigenvalue weighted by Crippen LogP contribution is 2.31. The largest absolute Gasteiger partial charge is 0.493 e. The summed E-state index contributed by atoms with van der Waals surface area (Å²) in [6, 6.07) is 10.5. The summed E-state index contributed by atoms with van der Waals surface area (Å²) in [4.78, 5) is 44.5. The fourth-order valence-corrected chi connectivity index (χ4v) is 4.95. The van der Waals surface area contributed by atoms with Crippen LogP contribution in [0.1, 0.15) is 33.6 Å². The molecule has 2 aliphatic rings. The van der Waals surface area contributed by atoms with Crippen LogP contribution in [0.3, 0.4) is 0 Å². The fourth-order valence-electron chi connectivity index (χ4n) is 4.95. The number of methoxy groups -OCH3 is 3. The number of carbonyl (C=O) groups excluding carboxylic acids is 3. The van der Waals surface area contributed by atoms with Gasteiger partial charge >= 0.3 is 6.09 Å². The van der Waals surface area contributed by atoms with E-state index in [9.17, 15) is 14.4 Å². The second-order valence-corrected chi connectivity index (χ2v) is 9.45. The van der Waals surface area contributed by atoms with Gasteiger partial charge in [-0.2, -0.15) is 0 Å². The first-order chi connectivity index (χ1) is 18.9. The highest BCUT2D eigenvalue weighted by atomic mass is 16.5. The van der Waals surface area contributed by atoms with Gasteiger partial charge in [0.05, 0.1) is 32.7 Å². The minimum Gasteiger partial charge on any atom is -0.493 e. The van der Waals surface area contributed by atoms with Gasteiger partial charge in [0, 0.05) is 56.9 Å². The summed E-state index contributed by atoms with van der Waals surface area (Å²) in [5, 5.41) is 6.09. The topological polar surface area (TPSA) is 113 Å². The van der Waals surface area contributed by atoms with Crippen molar-refractivity contribution < 1.29 is 28.6 Å². The molecule has 2 saturated heterocycles. The Bertz CT molecular complexity index is 1180. The highest BCUT2D eigenvalue weighted by molar-refractivity contribution is 5.99. The van der Waals surface area contributed by atoms with E-state index in [0.29, 0.717) is 67.6 Å². The minimum absolute atomic E-state index is 0.0688. The summed E-state index contributed by atoms with van der Waals surface area (Å²) in [6.45, 7) is 5.27. The lowest BCUT2D eigenvalue weighted by molar-refractivity contribution is 0.0759. The van der Waals surface area contributed by atoms with Crippen LogP contribution in [-0.2, 0) is 4.74 Å². The molecule has 0 unspecified atom stereocenters. The number of hydrogen-bond acceptors (Lipinski definition) is 8. The first-order valence-electron chi connectivity index (χ1n) is 13.2. The average molecular weight is 540 g/mol. The van der Waals surface area contributed by atoms with Crippen LogP contribution in [0.5, 0.6) is 11.5 Å². The van der Waals surface area contributed by atoms with Crippen molar-refractivity contribution in [3.05, 3.63) is 47.5 Å². The molecule has 2 aromatic carbocycles. The third-order valence-corrected chi connectivity index (χ3v) is 7.05. The zero-order chi connectivity index (χ0) is 27.8. The third kappa shape index (κ3) is 6.72. The molecule has 2 aromatic rings. The Morgan fingerprint density at radius 2 is 1.44 bits per heavy atom.